The standard InChI is InChI=1S/C8H6N2O4/c11-8(13-6-1-4-12-5-6)14-7-9-2-3-10-7/h1-5H,(H,9,10). The monoisotopic (exact) mass is 194 g/mol. The number of furan rings is 1. The Morgan fingerprint density at radius 3 is 3.07 bits per heavy atom. The Morgan fingerprint density at radius 2 is 2.43 bits per heavy atom. The average Bonchev–Trinajstić information content (AvgIpc) is 2.76. The second kappa shape index (κ2) is 3.65. The second-order valence-electron chi connectivity index (χ2n) is 2.31. The van der Waals surface area contributed by atoms with Crippen molar-refractivity contribution in [3.8, 4) is 11.8 Å². The topological polar surface area (TPSA) is 77.3 Å². The molecular weight excluding hydrogens is 188 g/mol. The molecule has 0 atom stereocenters. The van der Waals surface area contributed by atoms with Gasteiger partial charge in [0.25, 0.3) is 0 Å². The Morgan fingerprint density at radius 1 is 1.50 bits per heavy atom. The van der Waals surface area contributed by atoms with Crippen LogP contribution in [0, 0.1) is 0 Å². The molecule has 0 aliphatic rings. The summed E-state index contributed by atoms with van der Waals surface area (Å²) in [5.41, 5.74) is 0. The molecule has 0 saturated carbocycles. The molecule has 0 aliphatic heterocycles. The van der Waals surface area contributed by atoms with Crippen molar-refractivity contribution in [3.63, 3.8) is 0 Å². The lowest BCUT2D eigenvalue weighted by molar-refractivity contribution is 0.148. The lowest BCUT2D eigenvalue weighted by Crippen LogP contribution is -2.13. The molecule has 0 unspecified atom stereocenters. The van der Waals surface area contributed by atoms with Crippen LogP contribution < -0.4 is 9.47 Å². The zero-order valence-corrected chi connectivity index (χ0v) is 6.97. The molecule has 0 fully saturated rings. The smallest absolute Gasteiger partial charge is 0.469 e. The van der Waals surface area contributed by atoms with Crippen molar-refractivity contribution in [1.82, 2.24) is 9.97 Å². The van der Waals surface area contributed by atoms with Crippen molar-refractivity contribution < 1.29 is 18.7 Å². The number of carbonyl (C=O) groups is 1. The lowest BCUT2D eigenvalue weighted by atomic mass is 10.6. The third-order valence-corrected chi connectivity index (χ3v) is 1.35. The first-order valence-electron chi connectivity index (χ1n) is 3.76. The molecule has 0 aromatic carbocycles. The van der Waals surface area contributed by atoms with Crippen LogP contribution in [0.1, 0.15) is 0 Å². The summed E-state index contributed by atoms with van der Waals surface area (Å²) in [5.74, 6) is 0.279. The predicted molar refractivity (Wildman–Crippen MR) is 43.9 cm³/mol. The van der Waals surface area contributed by atoms with E-state index in [1.807, 2.05) is 0 Å². The molecule has 0 aliphatic carbocycles. The van der Waals surface area contributed by atoms with E-state index in [2.05, 4.69) is 14.7 Å². The number of hydrogen-bond donors (Lipinski definition) is 1. The summed E-state index contributed by atoms with van der Waals surface area (Å²) in [6.07, 6.45) is 4.78. The fourth-order valence-electron chi connectivity index (χ4n) is 0.813. The lowest BCUT2D eigenvalue weighted by Gasteiger charge is -1.98. The van der Waals surface area contributed by atoms with Gasteiger partial charge in [0.2, 0.25) is 0 Å². The predicted octanol–water partition coefficient (Wildman–Crippen LogP) is 1.58. The van der Waals surface area contributed by atoms with Crippen LogP contribution in [0.25, 0.3) is 0 Å². The van der Waals surface area contributed by atoms with E-state index in [1.54, 1.807) is 0 Å². The highest BCUT2D eigenvalue weighted by Gasteiger charge is 2.09. The van der Waals surface area contributed by atoms with Crippen LogP contribution >= 0.6 is 0 Å². The number of H-pyrrole nitrogens is 1. The summed E-state index contributed by atoms with van der Waals surface area (Å²) >= 11 is 0. The van der Waals surface area contributed by atoms with Gasteiger partial charge in [-0.15, -0.1) is 0 Å². The number of aromatic nitrogens is 2. The summed E-state index contributed by atoms with van der Waals surface area (Å²) in [5, 5.41) is 0. The minimum atomic E-state index is -0.874. The molecule has 0 spiro atoms. The van der Waals surface area contributed by atoms with E-state index in [0.717, 1.165) is 0 Å². The quantitative estimate of drug-likeness (QED) is 0.734. The molecule has 2 aromatic rings. The van der Waals surface area contributed by atoms with Crippen molar-refractivity contribution in [2.45, 2.75) is 0 Å². The molecule has 0 radical (unpaired) electrons. The van der Waals surface area contributed by atoms with Gasteiger partial charge in [-0.05, 0) is 0 Å². The summed E-state index contributed by atoms with van der Waals surface area (Å²) in [6.45, 7) is 0. The van der Waals surface area contributed by atoms with Crippen LogP contribution in [-0.4, -0.2) is 16.1 Å². The first-order valence-corrected chi connectivity index (χ1v) is 3.76. The summed E-state index contributed by atoms with van der Waals surface area (Å²) in [4.78, 5) is 17.3. The largest absolute Gasteiger partial charge is 0.521 e. The van der Waals surface area contributed by atoms with Crippen LogP contribution in [0.3, 0.4) is 0 Å². The molecule has 1 N–H and O–H groups in total. The minimum Gasteiger partial charge on any atom is -0.469 e. The first kappa shape index (κ1) is 8.36. The van der Waals surface area contributed by atoms with Crippen molar-refractivity contribution in [2.24, 2.45) is 0 Å². The van der Waals surface area contributed by atoms with E-state index >= 15 is 0 Å². The fraction of sp³-hybridized carbons (Fsp3) is 0. The van der Waals surface area contributed by atoms with Crippen LogP contribution in [0.15, 0.2) is 35.4 Å². The highest BCUT2D eigenvalue weighted by Crippen LogP contribution is 2.11. The maximum Gasteiger partial charge on any atom is 0.521 e. The molecule has 6 nitrogen and oxygen atoms in total. The van der Waals surface area contributed by atoms with Gasteiger partial charge < -0.3 is 18.9 Å². The van der Waals surface area contributed by atoms with Crippen LogP contribution in [0.4, 0.5) is 4.79 Å². The van der Waals surface area contributed by atoms with E-state index < -0.39 is 6.16 Å². The number of nitrogens with zero attached hydrogens (tertiary/aromatic N) is 1. The highest BCUT2D eigenvalue weighted by molar-refractivity contribution is 5.65. The van der Waals surface area contributed by atoms with E-state index in [4.69, 9.17) is 9.15 Å². The molecule has 14 heavy (non-hydrogen) atoms. The number of nitrogens with one attached hydrogen (secondary N) is 1. The van der Waals surface area contributed by atoms with Crippen molar-refractivity contribution in [2.75, 3.05) is 0 Å². The molecule has 6 heteroatoms. The van der Waals surface area contributed by atoms with Crippen molar-refractivity contribution in [3.05, 3.63) is 31.0 Å². The van der Waals surface area contributed by atoms with Gasteiger partial charge in [0.05, 0.1) is 6.26 Å². The number of rotatable bonds is 2. The fourth-order valence-corrected chi connectivity index (χ4v) is 0.813. The van der Waals surface area contributed by atoms with Gasteiger partial charge in [-0.1, -0.05) is 0 Å². The van der Waals surface area contributed by atoms with Crippen molar-refractivity contribution in [1.29, 1.82) is 0 Å². The number of ether oxygens (including phenoxy) is 2. The van der Waals surface area contributed by atoms with Gasteiger partial charge in [-0.25, -0.2) is 9.78 Å². The van der Waals surface area contributed by atoms with E-state index in [-0.39, 0.29) is 11.8 Å². The summed E-state index contributed by atoms with van der Waals surface area (Å²) in [6, 6.07) is 1.57. The van der Waals surface area contributed by atoms with Crippen LogP contribution in [0.5, 0.6) is 11.8 Å². The van der Waals surface area contributed by atoms with Gasteiger partial charge in [0, 0.05) is 18.5 Å². The third kappa shape index (κ3) is 1.92. The summed E-state index contributed by atoms with van der Waals surface area (Å²) < 4.78 is 14.1. The van der Waals surface area contributed by atoms with Crippen LogP contribution in [0.2, 0.25) is 0 Å². The normalized spacial score (nSPS) is 9.71. The summed E-state index contributed by atoms with van der Waals surface area (Å²) in [7, 11) is 0. The van der Waals surface area contributed by atoms with Gasteiger partial charge >= 0.3 is 12.2 Å². The van der Waals surface area contributed by atoms with Crippen LogP contribution in [-0.2, 0) is 0 Å². The van der Waals surface area contributed by atoms with Gasteiger partial charge in [0.15, 0.2) is 5.75 Å². The van der Waals surface area contributed by atoms with E-state index in [0.29, 0.717) is 0 Å². The Bertz CT molecular complexity index is 355. The van der Waals surface area contributed by atoms with Gasteiger partial charge in [0.1, 0.15) is 6.26 Å². The van der Waals surface area contributed by atoms with Crippen molar-refractivity contribution >= 4 is 6.16 Å². The number of hydrogen-bond acceptors (Lipinski definition) is 5. The number of aromatic amines is 1. The zero-order valence-electron chi connectivity index (χ0n) is 6.97. The molecule has 2 rings (SSSR count). The molecule has 0 saturated heterocycles. The maximum absolute atomic E-state index is 11.0. The number of imidazole rings is 1. The minimum absolute atomic E-state index is 0.0819. The Labute approximate surface area is 78.5 Å². The third-order valence-electron chi connectivity index (χ3n) is 1.35. The molecule has 0 amide bonds. The average molecular weight is 194 g/mol. The highest BCUT2D eigenvalue weighted by atomic mass is 16.7. The second-order valence-corrected chi connectivity index (χ2v) is 2.31. The molecule has 0 bridgehead atoms. The van der Waals surface area contributed by atoms with E-state index in [1.165, 1.54) is 31.0 Å². The van der Waals surface area contributed by atoms with E-state index in [9.17, 15) is 4.79 Å². The van der Waals surface area contributed by atoms with Gasteiger partial charge in [-0.3, -0.25) is 0 Å². The Hall–Kier alpha value is -2.24. The molecular formula is C8H6N2O4. The molecule has 72 valence electrons. The molecule has 2 heterocycles. The number of carbonyl (C=O) groups excluding carboxylic acids is 1. The first-order chi connectivity index (χ1) is 6.84. The van der Waals surface area contributed by atoms with Gasteiger partial charge in [-0.2, -0.15) is 0 Å². The zero-order chi connectivity index (χ0) is 9.80. The molecule has 2 aromatic heterocycles. The maximum atomic E-state index is 11.0. The Kier molecular flexibility index (Phi) is 2.18. The SMILES string of the molecule is O=C(Oc1ccoc1)Oc1ncc[nH]1. The Balaban J connectivity index is 1.91.